The summed E-state index contributed by atoms with van der Waals surface area (Å²) in [7, 11) is 0. The van der Waals surface area contributed by atoms with Crippen molar-refractivity contribution in [3.63, 3.8) is 0 Å². The molecule has 1 N–H and O–H groups in total. The first-order valence-electron chi connectivity index (χ1n) is 4.36. The highest BCUT2D eigenvalue weighted by molar-refractivity contribution is 5.59. The van der Waals surface area contributed by atoms with Gasteiger partial charge in [0.2, 0.25) is 0 Å². The number of rotatable bonds is 3. The van der Waals surface area contributed by atoms with Crippen LogP contribution in [-0.2, 0) is 0 Å². The van der Waals surface area contributed by atoms with E-state index in [9.17, 15) is 0 Å². The minimum Gasteiger partial charge on any atom is -0.395 e. The minimum atomic E-state index is 0.101. The van der Waals surface area contributed by atoms with Crippen LogP contribution in [0.15, 0.2) is 24.8 Å². The third-order valence-corrected chi connectivity index (χ3v) is 2.23. The highest BCUT2D eigenvalue weighted by atomic mass is 16.3. The van der Waals surface area contributed by atoms with E-state index >= 15 is 0 Å². The Balaban J connectivity index is 3.19. The second-order valence-electron chi connectivity index (χ2n) is 3.18. The van der Waals surface area contributed by atoms with Gasteiger partial charge in [-0.3, -0.25) is 0 Å². The lowest BCUT2D eigenvalue weighted by molar-refractivity contribution is 0.315. The number of aliphatic hydroxyl groups is 1. The average Bonchev–Trinajstić information content (AvgIpc) is 2.16. The van der Waals surface area contributed by atoms with Crippen LogP contribution in [0.4, 0.5) is 0 Å². The normalized spacial score (nSPS) is 10.5. The van der Waals surface area contributed by atoms with E-state index in [2.05, 4.69) is 6.58 Å². The quantitative estimate of drug-likeness (QED) is 0.748. The summed E-state index contributed by atoms with van der Waals surface area (Å²) in [6.07, 6.45) is 1.84. The van der Waals surface area contributed by atoms with Crippen LogP contribution in [0.1, 0.15) is 23.6 Å². The molecule has 0 aliphatic carbocycles. The zero-order chi connectivity index (χ0) is 9.84. The molecule has 0 unspecified atom stereocenters. The lowest BCUT2D eigenvalue weighted by Crippen LogP contribution is -2.03. The number of benzene rings is 1. The van der Waals surface area contributed by atoms with Gasteiger partial charge < -0.3 is 5.11 Å². The molecule has 0 amide bonds. The minimum absolute atomic E-state index is 0.101. The molecule has 1 aromatic carbocycles. The van der Waals surface area contributed by atoms with Gasteiger partial charge in [0.05, 0.1) is 6.61 Å². The summed E-state index contributed by atoms with van der Waals surface area (Å²) in [4.78, 5) is 0. The first-order chi connectivity index (χ1) is 6.20. The Morgan fingerprint density at radius 3 is 2.77 bits per heavy atom. The Morgan fingerprint density at radius 2 is 2.23 bits per heavy atom. The zero-order valence-corrected chi connectivity index (χ0v) is 8.17. The second-order valence-corrected chi connectivity index (χ2v) is 3.18. The molecule has 0 aromatic heterocycles. The summed E-state index contributed by atoms with van der Waals surface area (Å²) in [5.74, 6) is 0.985. The van der Waals surface area contributed by atoms with Crippen molar-refractivity contribution in [2.45, 2.75) is 13.8 Å². The van der Waals surface area contributed by atoms with E-state index in [0.29, 0.717) is 0 Å². The van der Waals surface area contributed by atoms with Crippen LogP contribution in [0.25, 0.3) is 6.08 Å². The molecule has 0 atom stereocenters. The predicted octanol–water partition coefficient (Wildman–Crippen LogP) is 2.57. The maximum absolute atomic E-state index is 9.03. The van der Waals surface area contributed by atoms with Gasteiger partial charge in [-0.15, -0.1) is 0 Å². The molecular formula is C12H15O. The van der Waals surface area contributed by atoms with Crippen LogP contribution in [-0.4, -0.2) is 11.7 Å². The fraction of sp³-hybridized carbons (Fsp3) is 0.250. The highest BCUT2D eigenvalue weighted by Crippen LogP contribution is 2.22. The smallest absolute Gasteiger partial charge is 0.0534 e. The third-order valence-electron chi connectivity index (χ3n) is 2.23. The first-order valence-corrected chi connectivity index (χ1v) is 4.36. The molecule has 69 valence electrons. The van der Waals surface area contributed by atoms with Crippen molar-refractivity contribution >= 4 is 6.08 Å². The van der Waals surface area contributed by atoms with Crippen molar-refractivity contribution in [3.8, 4) is 0 Å². The molecule has 1 nitrogen and oxygen atoms in total. The lowest BCUT2D eigenvalue weighted by atomic mass is 9.93. The van der Waals surface area contributed by atoms with Gasteiger partial charge in [-0.25, -0.2) is 0 Å². The second kappa shape index (κ2) is 4.24. The Labute approximate surface area is 79.7 Å². The predicted molar refractivity (Wildman–Crippen MR) is 56.4 cm³/mol. The maximum atomic E-state index is 9.03. The van der Waals surface area contributed by atoms with E-state index < -0.39 is 0 Å². The molecule has 1 aromatic rings. The van der Waals surface area contributed by atoms with Gasteiger partial charge in [-0.05, 0) is 23.6 Å². The monoisotopic (exact) mass is 175 g/mol. The van der Waals surface area contributed by atoms with Gasteiger partial charge >= 0.3 is 0 Å². The first kappa shape index (κ1) is 10.0. The fourth-order valence-electron chi connectivity index (χ4n) is 1.41. The standard InChI is InChI=1S/C12H15O/c1-4-11-9(2)6-5-7-12(11)10(3)8-13/h4-7,13H,1,8H2,2-3H3. The highest BCUT2D eigenvalue weighted by Gasteiger charge is 2.09. The molecular weight excluding hydrogens is 160 g/mol. The Hall–Kier alpha value is -1.08. The van der Waals surface area contributed by atoms with Gasteiger partial charge in [-0.1, -0.05) is 37.8 Å². The molecule has 0 spiro atoms. The maximum Gasteiger partial charge on any atom is 0.0534 e. The number of aliphatic hydroxyl groups excluding tert-OH is 1. The van der Waals surface area contributed by atoms with Gasteiger partial charge in [0.1, 0.15) is 0 Å². The van der Waals surface area contributed by atoms with E-state index in [1.807, 2.05) is 38.1 Å². The van der Waals surface area contributed by atoms with Crippen LogP contribution >= 0.6 is 0 Å². The third kappa shape index (κ3) is 1.99. The Bertz CT molecular complexity index is 302. The molecule has 0 saturated carbocycles. The summed E-state index contributed by atoms with van der Waals surface area (Å²) in [6.45, 7) is 7.85. The Kier molecular flexibility index (Phi) is 3.26. The van der Waals surface area contributed by atoms with Crippen molar-refractivity contribution in [2.24, 2.45) is 0 Å². The van der Waals surface area contributed by atoms with E-state index in [1.54, 1.807) is 0 Å². The molecule has 0 heterocycles. The summed E-state index contributed by atoms with van der Waals surface area (Å²) < 4.78 is 0. The summed E-state index contributed by atoms with van der Waals surface area (Å²) >= 11 is 0. The van der Waals surface area contributed by atoms with Crippen molar-refractivity contribution in [2.75, 3.05) is 6.61 Å². The number of hydrogen-bond donors (Lipinski definition) is 1. The lowest BCUT2D eigenvalue weighted by Gasteiger charge is -2.13. The van der Waals surface area contributed by atoms with Gasteiger partial charge in [0, 0.05) is 5.92 Å². The molecule has 0 aliphatic heterocycles. The molecule has 13 heavy (non-hydrogen) atoms. The van der Waals surface area contributed by atoms with Crippen LogP contribution in [0.3, 0.4) is 0 Å². The molecule has 1 radical (unpaired) electrons. The van der Waals surface area contributed by atoms with Crippen LogP contribution in [0.5, 0.6) is 0 Å². The summed E-state index contributed by atoms with van der Waals surface area (Å²) in [6, 6.07) is 6.05. The van der Waals surface area contributed by atoms with E-state index in [4.69, 9.17) is 5.11 Å². The van der Waals surface area contributed by atoms with Crippen molar-refractivity contribution in [1.29, 1.82) is 0 Å². The van der Waals surface area contributed by atoms with Crippen molar-refractivity contribution in [3.05, 3.63) is 47.4 Å². The van der Waals surface area contributed by atoms with Gasteiger partial charge in [0.25, 0.3) is 0 Å². The SMILES string of the molecule is C=Cc1c(C)cccc1[C](C)CO. The molecule has 0 saturated heterocycles. The number of hydrogen-bond acceptors (Lipinski definition) is 1. The van der Waals surface area contributed by atoms with Crippen LogP contribution < -0.4 is 0 Å². The number of aryl methyl sites for hydroxylation is 1. The van der Waals surface area contributed by atoms with E-state index in [-0.39, 0.29) is 6.61 Å². The van der Waals surface area contributed by atoms with Crippen LogP contribution in [0.2, 0.25) is 0 Å². The molecule has 1 heteroatoms. The Morgan fingerprint density at radius 1 is 1.54 bits per heavy atom. The van der Waals surface area contributed by atoms with E-state index in [0.717, 1.165) is 17.0 Å². The van der Waals surface area contributed by atoms with Crippen LogP contribution in [0, 0.1) is 12.8 Å². The molecule has 0 bridgehead atoms. The summed E-state index contributed by atoms with van der Waals surface area (Å²) in [5.41, 5.74) is 3.41. The molecule has 1 rings (SSSR count). The average molecular weight is 175 g/mol. The summed E-state index contributed by atoms with van der Waals surface area (Å²) in [5, 5.41) is 9.03. The fourth-order valence-corrected chi connectivity index (χ4v) is 1.41. The largest absolute Gasteiger partial charge is 0.395 e. The molecule has 0 fully saturated rings. The van der Waals surface area contributed by atoms with Crippen molar-refractivity contribution in [1.82, 2.24) is 0 Å². The topological polar surface area (TPSA) is 20.2 Å². The zero-order valence-electron chi connectivity index (χ0n) is 8.17. The van der Waals surface area contributed by atoms with Crippen molar-refractivity contribution < 1.29 is 5.11 Å². The van der Waals surface area contributed by atoms with E-state index in [1.165, 1.54) is 5.56 Å². The van der Waals surface area contributed by atoms with Gasteiger partial charge in [-0.2, -0.15) is 0 Å². The molecule has 0 aliphatic rings. The van der Waals surface area contributed by atoms with Gasteiger partial charge in [0.15, 0.2) is 0 Å².